The SMILES string of the molecule is CC[C@@H](NC(=S)Nc1ccccc1)c1ccccc1. The van der Waals surface area contributed by atoms with E-state index < -0.39 is 0 Å². The largest absolute Gasteiger partial charge is 0.356 e. The zero-order chi connectivity index (χ0) is 13.5. The van der Waals surface area contributed by atoms with Crippen LogP contribution in [0.15, 0.2) is 60.7 Å². The summed E-state index contributed by atoms with van der Waals surface area (Å²) in [5, 5.41) is 7.20. The summed E-state index contributed by atoms with van der Waals surface area (Å²) in [6.45, 7) is 2.15. The number of para-hydroxylation sites is 1. The molecule has 2 nitrogen and oxygen atoms in total. The van der Waals surface area contributed by atoms with Crippen LogP contribution in [0.3, 0.4) is 0 Å². The summed E-state index contributed by atoms with van der Waals surface area (Å²) in [5.74, 6) is 0. The fraction of sp³-hybridized carbons (Fsp3) is 0.188. The first kappa shape index (κ1) is 13.6. The average Bonchev–Trinajstić information content (AvgIpc) is 2.47. The first-order valence-electron chi connectivity index (χ1n) is 6.47. The van der Waals surface area contributed by atoms with Crippen LogP contribution in [0, 0.1) is 0 Å². The fourth-order valence-corrected chi connectivity index (χ4v) is 2.21. The molecule has 19 heavy (non-hydrogen) atoms. The number of rotatable bonds is 4. The molecule has 0 bridgehead atoms. The number of hydrogen-bond acceptors (Lipinski definition) is 1. The molecule has 1 atom stereocenters. The van der Waals surface area contributed by atoms with Gasteiger partial charge >= 0.3 is 0 Å². The Morgan fingerprint density at radius 1 is 1.00 bits per heavy atom. The van der Waals surface area contributed by atoms with Crippen LogP contribution in [-0.2, 0) is 0 Å². The summed E-state index contributed by atoms with van der Waals surface area (Å²) < 4.78 is 0. The zero-order valence-corrected chi connectivity index (χ0v) is 11.8. The first-order chi connectivity index (χ1) is 9.29. The smallest absolute Gasteiger partial charge is 0.171 e. The standard InChI is InChI=1S/C16H18N2S/c1-2-15(13-9-5-3-6-10-13)18-16(19)17-14-11-7-4-8-12-14/h3-12,15H,2H2,1H3,(H2,17,18,19)/t15-/m1/s1. The molecule has 2 rings (SSSR count). The van der Waals surface area contributed by atoms with Crippen molar-refractivity contribution < 1.29 is 0 Å². The van der Waals surface area contributed by atoms with E-state index in [9.17, 15) is 0 Å². The van der Waals surface area contributed by atoms with E-state index in [0.717, 1.165) is 12.1 Å². The molecule has 0 radical (unpaired) electrons. The molecule has 2 aromatic carbocycles. The van der Waals surface area contributed by atoms with Crippen LogP contribution in [0.1, 0.15) is 24.9 Å². The minimum absolute atomic E-state index is 0.241. The number of anilines is 1. The summed E-state index contributed by atoms with van der Waals surface area (Å²) in [5.41, 5.74) is 2.25. The molecule has 0 saturated carbocycles. The Bertz CT molecular complexity index is 511. The predicted molar refractivity (Wildman–Crippen MR) is 85.3 cm³/mol. The van der Waals surface area contributed by atoms with Crippen LogP contribution >= 0.6 is 12.2 Å². The molecule has 0 unspecified atom stereocenters. The van der Waals surface area contributed by atoms with Crippen LogP contribution < -0.4 is 10.6 Å². The second kappa shape index (κ2) is 6.90. The molecular weight excluding hydrogens is 252 g/mol. The van der Waals surface area contributed by atoms with E-state index in [1.54, 1.807) is 0 Å². The molecule has 0 amide bonds. The molecule has 98 valence electrons. The van der Waals surface area contributed by atoms with Crippen molar-refractivity contribution in [3.05, 3.63) is 66.2 Å². The van der Waals surface area contributed by atoms with E-state index in [0.29, 0.717) is 5.11 Å². The van der Waals surface area contributed by atoms with Crippen molar-refractivity contribution in [1.29, 1.82) is 0 Å². The number of hydrogen-bond donors (Lipinski definition) is 2. The average molecular weight is 270 g/mol. The lowest BCUT2D eigenvalue weighted by molar-refractivity contribution is 0.629. The molecule has 0 aromatic heterocycles. The van der Waals surface area contributed by atoms with E-state index >= 15 is 0 Å². The molecule has 0 saturated heterocycles. The number of benzene rings is 2. The molecule has 0 aliphatic carbocycles. The zero-order valence-electron chi connectivity index (χ0n) is 11.0. The topological polar surface area (TPSA) is 24.1 Å². The summed E-state index contributed by atoms with van der Waals surface area (Å²) in [6.07, 6.45) is 0.987. The van der Waals surface area contributed by atoms with Gasteiger partial charge in [0.1, 0.15) is 0 Å². The van der Waals surface area contributed by atoms with Gasteiger partial charge in [0.25, 0.3) is 0 Å². The van der Waals surface area contributed by atoms with Gasteiger partial charge in [0.05, 0.1) is 6.04 Å². The molecule has 2 N–H and O–H groups in total. The second-order valence-electron chi connectivity index (χ2n) is 4.34. The van der Waals surface area contributed by atoms with Crippen molar-refractivity contribution in [2.24, 2.45) is 0 Å². The van der Waals surface area contributed by atoms with Gasteiger partial charge in [0.2, 0.25) is 0 Å². The second-order valence-corrected chi connectivity index (χ2v) is 4.74. The van der Waals surface area contributed by atoms with Crippen molar-refractivity contribution in [1.82, 2.24) is 5.32 Å². The Kier molecular flexibility index (Phi) is 4.93. The van der Waals surface area contributed by atoms with Gasteiger partial charge in [-0.2, -0.15) is 0 Å². The van der Waals surface area contributed by atoms with Crippen molar-refractivity contribution in [3.63, 3.8) is 0 Å². The van der Waals surface area contributed by atoms with Gasteiger partial charge < -0.3 is 10.6 Å². The highest BCUT2D eigenvalue weighted by molar-refractivity contribution is 7.80. The molecule has 0 heterocycles. The maximum Gasteiger partial charge on any atom is 0.171 e. The third-order valence-electron chi connectivity index (χ3n) is 2.95. The van der Waals surface area contributed by atoms with Crippen LogP contribution in [0.25, 0.3) is 0 Å². The summed E-state index contributed by atoms with van der Waals surface area (Å²) in [6, 6.07) is 20.6. The third-order valence-corrected chi connectivity index (χ3v) is 3.17. The van der Waals surface area contributed by atoms with Crippen LogP contribution in [0.2, 0.25) is 0 Å². The number of nitrogens with one attached hydrogen (secondary N) is 2. The van der Waals surface area contributed by atoms with Gasteiger partial charge in [-0.3, -0.25) is 0 Å². The number of thiocarbonyl (C=S) groups is 1. The molecule has 0 spiro atoms. The first-order valence-corrected chi connectivity index (χ1v) is 6.88. The molecule has 0 aliphatic heterocycles. The van der Waals surface area contributed by atoms with Crippen LogP contribution in [0.4, 0.5) is 5.69 Å². The van der Waals surface area contributed by atoms with Crippen LogP contribution in [-0.4, -0.2) is 5.11 Å². The molecular formula is C16H18N2S. The Morgan fingerprint density at radius 2 is 1.58 bits per heavy atom. The summed E-state index contributed by atoms with van der Waals surface area (Å²) in [7, 11) is 0. The van der Waals surface area contributed by atoms with E-state index in [2.05, 4.69) is 29.7 Å². The van der Waals surface area contributed by atoms with Crippen molar-refractivity contribution in [3.8, 4) is 0 Å². The fourth-order valence-electron chi connectivity index (χ4n) is 1.95. The lowest BCUT2D eigenvalue weighted by Gasteiger charge is -2.20. The Hall–Kier alpha value is -1.87. The summed E-state index contributed by atoms with van der Waals surface area (Å²) >= 11 is 5.36. The Balaban J connectivity index is 1.97. The Morgan fingerprint density at radius 3 is 2.16 bits per heavy atom. The lowest BCUT2D eigenvalue weighted by atomic mass is 10.1. The van der Waals surface area contributed by atoms with Gasteiger partial charge in [-0.25, -0.2) is 0 Å². The van der Waals surface area contributed by atoms with Crippen molar-refractivity contribution in [2.45, 2.75) is 19.4 Å². The van der Waals surface area contributed by atoms with Gasteiger partial charge in [-0.1, -0.05) is 55.5 Å². The van der Waals surface area contributed by atoms with Crippen molar-refractivity contribution >= 4 is 23.0 Å². The molecule has 2 aromatic rings. The van der Waals surface area contributed by atoms with Gasteiger partial charge in [-0.05, 0) is 36.3 Å². The van der Waals surface area contributed by atoms with Crippen molar-refractivity contribution in [2.75, 3.05) is 5.32 Å². The minimum atomic E-state index is 0.241. The predicted octanol–water partition coefficient (Wildman–Crippen LogP) is 4.12. The molecule has 0 aliphatic rings. The highest BCUT2D eigenvalue weighted by Gasteiger charge is 2.09. The maximum atomic E-state index is 5.36. The van der Waals surface area contributed by atoms with Gasteiger partial charge in [0, 0.05) is 5.69 Å². The van der Waals surface area contributed by atoms with Crippen LogP contribution in [0.5, 0.6) is 0 Å². The molecule has 0 fully saturated rings. The quantitative estimate of drug-likeness (QED) is 0.817. The summed E-state index contributed by atoms with van der Waals surface area (Å²) in [4.78, 5) is 0. The normalized spacial score (nSPS) is 11.6. The van der Waals surface area contributed by atoms with E-state index in [-0.39, 0.29) is 6.04 Å². The highest BCUT2D eigenvalue weighted by atomic mass is 32.1. The Labute approximate surface area is 119 Å². The molecule has 3 heteroatoms. The maximum absolute atomic E-state index is 5.36. The lowest BCUT2D eigenvalue weighted by Crippen LogP contribution is -2.32. The monoisotopic (exact) mass is 270 g/mol. The highest BCUT2D eigenvalue weighted by Crippen LogP contribution is 2.16. The van der Waals surface area contributed by atoms with E-state index in [1.807, 2.05) is 48.5 Å². The van der Waals surface area contributed by atoms with E-state index in [1.165, 1.54) is 5.56 Å². The van der Waals surface area contributed by atoms with E-state index in [4.69, 9.17) is 12.2 Å². The third kappa shape index (κ3) is 4.07. The van der Waals surface area contributed by atoms with Gasteiger partial charge in [-0.15, -0.1) is 0 Å². The minimum Gasteiger partial charge on any atom is -0.356 e. The van der Waals surface area contributed by atoms with Gasteiger partial charge in [0.15, 0.2) is 5.11 Å².